The van der Waals surface area contributed by atoms with Crippen molar-refractivity contribution in [3.63, 3.8) is 0 Å². The summed E-state index contributed by atoms with van der Waals surface area (Å²) >= 11 is 0. The molecule has 1 aliphatic heterocycles. The van der Waals surface area contributed by atoms with Gasteiger partial charge in [0.25, 0.3) is 11.8 Å². The number of anilines is 1. The molecule has 2 N–H and O–H groups in total. The number of para-hydroxylation sites is 1. The molecule has 1 aromatic carbocycles. The van der Waals surface area contributed by atoms with E-state index in [1.807, 2.05) is 31.0 Å². The molecule has 3 rings (SSSR count). The fourth-order valence-corrected chi connectivity index (χ4v) is 3.24. The number of hydrogen-bond acceptors (Lipinski definition) is 4. The third-order valence-corrected chi connectivity index (χ3v) is 4.87. The van der Waals surface area contributed by atoms with Gasteiger partial charge in [-0.25, -0.2) is 0 Å². The first-order chi connectivity index (χ1) is 12.6. The maximum Gasteiger partial charge on any atom is 0.255 e. The predicted molar refractivity (Wildman–Crippen MR) is 101 cm³/mol. The Labute approximate surface area is 153 Å². The summed E-state index contributed by atoms with van der Waals surface area (Å²) in [7, 11) is 1.95. The van der Waals surface area contributed by atoms with Crippen molar-refractivity contribution in [3.05, 3.63) is 59.4 Å². The van der Waals surface area contributed by atoms with Crippen LogP contribution in [0.5, 0.6) is 0 Å². The maximum atomic E-state index is 13.0. The van der Waals surface area contributed by atoms with E-state index in [0.717, 1.165) is 31.5 Å². The molecule has 1 fully saturated rings. The number of benzene rings is 1. The second-order valence-electron chi connectivity index (χ2n) is 6.54. The van der Waals surface area contributed by atoms with Gasteiger partial charge in [0.15, 0.2) is 0 Å². The molecule has 2 heterocycles. The molecule has 136 valence electrons. The van der Waals surface area contributed by atoms with Crippen molar-refractivity contribution in [1.29, 1.82) is 0 Å². The number of pyridine rings is 1. The zero-order valence-corrected chi connectivity index (χ0v) is 15.2. The van der Waals surface area contributed by atoms with Gasteiger partial charge < -0.3 is 15.5 Å². The van der Waals surface area contributed by atoms with E-state index in [1.54, 1.807) is 30.6 Å². The summed E-state index contributed by atoms with van der Waals surface area (Å²) in [6.45, 7) is 3.33. The third-order valence-electron chi connectivity index (χ3n) is 4.87. The van der Waals surface area contributed by atoms with Crippen LogP contribution in [0.2, 0.25) is 0 Å². The van der Waals surface area contributed by atoms with Gasteiger partial charge in [0.05, 0.1) is 11.3 Å². The van der Waals surface area contributed by atoms with E-state index in [-0.39, 0.29) is 11.8 Å². The molecule has 0 unspecified atom stereocenters. The van der Waals surface area contributed by atoms with Gasteiger partial charge in [-0.3, -0.25) is 14.6 Å². The van der Waals surface area contributed by atoms with Gasteiger partial charge in [-0.2, -0.15) is 0 Å². The minimum Gasteiger partial charge on any atom is -0.338 e. The van der Waals surface area contributed by atoms with Crippen molar-refractivity contribution in [2.75, 3.05) is 25.5 Å². The van der Waals surface area contributed by atoms with Crippen molar-refractivity contribution in [2.45, 2.75) is 25.8 Å². The second-order valence-corrected chi connectivity index (χ2v) is 6.54. The average Bonchev–Trinajstić information content (AvgIpc) is 2.69. The fourth-order valence-electron chi connectivity index (χ4n) is 3.24. The average molecular weight is 352 g/mol. The van der Waals surface area contributed by atoms with Gasteiger partial charge in [0, 0.05) is 37.1 Å². The molecule has 26 heavy (non-hydrogen) atoms. The molecular weight excluding hydrogens is 328 g/mol. The number of piperidine rings is 1. The fraction of sp³-hybridized carbons (Fsp3) is 0.350. The van der Waals surface area contributed by atoms with Crippen LogP contribution in [0.15, 0.2) is 42.7 Å². The van der Waals surface area contributed by atoms with Crippen LogP contribution in [0.4, 0.5) is 5.69 Å². The van der Waals surface area contributed by atoms with Gasteiger partial charge in [-0.05, 0) is 50.6 Å². The van der Waals surface area contributed by atoms with Gasteiger partial charge in [-0.15, -0.1) is 0 Å². The van der Waals surface area contributed by atoms with E-state index in [1.165, 1.54) is 0 Å². The van der Waals surface area contributed by atoms with Crippen molar-refractivity contribution >= 4 is 17.5 Å². The van der Waals surface area contributed by atoms with Gasteiger partial charge >= 0.3 is 0 Å². The first-order valence-electron chi connectivity index (χ1n) is 8.87. The number of carbonyl (C=O) groups is 2. The van der Waals surface area contributed by atoms with Crippen molar-refractivity contribution in [2.24, 2.45) is 0 Å². The maximum absolute atomic E-state index is 13.0. The number of nitrogens with zero attached hydrogens (tertiary/aromatic N) is 2. The van der Waals surface area contributed by atoms with Gasteiger partial charge in [0.2, 0.25) is 0 Å². The zero-order valence-electron chi connectivity index (χ0n) is 15.2. The SMILES string of the molecule is CNC1CCN(C(=O)c2cccc(C)c2NC(=O)c2ccncc2)CC1. The molecule has 0 bridgehead atoms. The predicted octanol–water partition coefficient (Wildman–Crippen LogP) is 2.47. The highest BCUT2D eigenvalue weighted by molar-refractivity contribution is 6.09. The molecule has 6 nitrogen and oxygen atoms in total. The van der Waals surface area contributed by atoms with Crippen LogP contribution >= 0.6 is 0 Å². The highest BCUT2D eigenvalue weighted by Gasteiger charge is 2.25. The summed E-state index contributed by atoms with van der Waals surface area (Å²) in [5.74, 6) is -0.280. The van der Waals surface area contributed by atoms with Crippen LogP contribution in [0.25, 0.3) is 0 Å². The molecule has 0 saturated carbocycles. The number of carbonyl (C=O) groups excluding carboxylic acids is 2. The second kappa shape index (κ2) is 8.10. The molecule has 6 heteroatoms. The van der Waals surface area contributed by atoms with Crippen LogP contribution in [-0.4, -0.2) is 47.9 Å². The number of aryl methyl sites for hydroxylation is 1. The van der Waals surface area contributed by atoms with Crippen LogP contribution in [-0.2, 0) is 0 Å². The molecule has 0 atom stereocenters. The number of likely N-dealkylation sites (tertiary alicyclic amines) is 1. The first kappa shape index (κ1) is 18.1. The van der Waals surface area contributed by atoms with Crippen molar-refractivity contribution < 1.29 is 9.59 Å². The first-order valence-corrected chi connectivity index (χ1v) is 8.87. The lowest BCUT2D eigenvalue weighted by Crippen LogP contribution is -2.44. The Hall–Kier alpha value is -2.73. The molecule has 0 radical (unpaired) electrons. The molecular formula is C20H24N4O2. The van der Waals surface area contributed by atoms with Crippen molar-refractivity contribution in [3.8, 4) is 0 Å². The Morgan fingerprint density at radius 1 is 1.12 bits per heavy atom. The molecule has 1 aromatic heterocycles. The lowest BCUT2D eigenvalue weighted by atomic mass is 10.0. The van der Waals surface area contributed by atoms with Crippen LogP contribution in [0.1, 0.15) is 39.1 Å². The van der Waals surface area contributed by atoms with Gasteiger partial charge in [0.1, 0.15) is 0 Å². The standard InChI is InChI=1S/C20H24N4O2/c1-14-4-3-5-17(20(26)24-12-8-16(21-2)9-13-24)18(14)23-19(25)15-6-10-22-11-7-15/h3-7,10-11,16,21H,8-9,12-13H2,1-2H3,(H,23,25). The summed E-state index contributed by atoms with van der Waals surface area (Å²) in [5, 5.41) is 6.18. The Morgan fingerprint density at radius 2 is 1.81 bits per heavy atom. The topological polar surface area (TPSA) is 74.3 Å². The minimum absolute atomic E-state index is 0.0340. The molecule has 2 amide bonds. The van der Waals surface area contributed by atoms with Crippen LogP contribution in [0.3, 0.4) is 0 Å². The van der Waals surface area contributed by atoms with Crippen molar-refractivity contribution in [1.82, 2.24) is 15.2 Å². The largest absolute Gasteiger partial charge is 0.338 e. The smallest absolute Gasteiger partial charge is 0.255 e. The number of nitrogens with one attached hydrogen (secondary N) is 2. The lowest BCUT2D eigenvalue weighted by molar-refractivity contribution is 0.0708. The zero-order chi connectivity index (χ0) is 18.5. The quantitative estimate of drug-likeness (QED) is 0.886. The molecule has 1 aliphatic rings. The molecule has 0 spiro atoms. The summed E-state index contributed by atoms with van der Waals surface area (Å²) in [6, 6.07) is 9.29. The summed E-state index contributed by atoms with van der Waals surface area (Å²) in [6.07, 6.45) is 5.02. The Balaban J connectivity index is 1.81. The van der Waals surface area contributed by atoms with Gasteiger partial charge in [-0.1, -0.05) is 12.1 Å². The number of aromatic nitrogens is 1. The Bertz CT molecular complexity index is 784. The van der Waals surface area contributed by atoms with E-state index >= 15 is 0 Å². The van der Waals surface area contributed by atoms with E-state index in [2.05, 4.69) is 15.6 Å². The normalized spacial score (nSPS) is 14.9. The summed E-state index contributed by atoms with van der Waals surface area (Å²) in [5.41, 5.74) is 2.49. The highest BCUT2D eigenvalue weighted by Crippen LogP contribution is 2.24. The monoisotopic (exact) mass is 352 g/mol. The van der Waals surface area contributed by atoms with E-state index in [0.29, 0.717) is 22.9 Å². The Kier molecular flexibility index (Phi) is 5.63. The van der Waals surface area contributed by atoms with E-state index in [9.17, 15) is 9.59 Å². The highest BCUT2D eigenvalue weighted by atomic mass is 16.2. The summed E-state index contributed by atoms with van der Waals surface area (Å²) < 4.78 is 0. The lowest BCUT2D eigenvalue weighted by Gasteiger charge is -2.32. The summed E-state index contributed by atoms with van der Waals surface area (Å²) in [4.78, 5) is 31.3. The van der Waals surface area contributed by atoms with E-state index < -0.39 is 0 Å². The number of rotatable bonds is 4. The van der Waals surface area contributed by atoms with E-state index in [4.69, 9.17) is 0 Å². The third kappa shape index (κ3) is 3.91. The minimum atomic E-state index is -0.246. The van der Waals surface area contributed by atoms with Crippen LogP contribution < -0.4 is 10.6 Å². The number of amides is 2. The Morgan fingerprint density at radius 3 is 2.46 bits per heavy atom. The molecule has 2 aromatic rings. The van der Waals surface area contributed by atoms with Crippen LogP contribution in [0, 0.1) is 6.92 Å². The molecule has 0 aliphatic carbocycles. The molecule has 1 saturated heterocycles. The number of hydrogen-bond donors (Lipinski definition) is 2.